The van der Waals surface area contributed by atoms with Crippen molar-refractivity contribution in [3.8, 4) is 11.1 Å². The highest BCUT2D eigenvalue weighted by Crippen LogP contribution is 2.32. The van der Waals surface area contributed by atoms with Crippen LogP contribution in [0.3, 0.4) is 0 Å². The monoisotopic (exact) mass is 497 g/mol. The van der Waals surface area contributed by atoms with Crippen molar-refractivity contribution < 1.29 is 4.74 Å². The van der Waals surface area contributed by atoms with Crippen molar-refractivity contribution in [2.75, 3.05) is 13.2 Å². The third-order valence-electron chi connectivity index (χ3n) is 7.16. The van der Waals surface area contributed by atoms with Crippen LogP contribution in [0.4, 0.5) is 0 Å². The quantitative estimate of drug-likeness (QED) is 0.152. The van der Waals surface area contributed by atoms with Gasteiger partial charge in [-0.2, -0.15) is 0 Å². The Morgan fingerprint density at radius 2 is 1.95 bits per heavy atom. The minimum atomic E-state index is 0.349. The smallest absolute Gasteiger partial charge is 0.160 e. The second-order valence-corrected chi connectivity index (χ2v) is 9.76. The molecule has 4 aromatic rings. The summed E-state index contributed by atoms with van der Waals surface area (Å²) in [5.41, 5.74) is 18.1. The summed E-state index contributed by atoms with van der Waals surface area (Å²) in [6, 6.07) is 17.1. The first-order valence-corrected chi connectivity index (χ1v) is 12.9. The van der Waals surface area contributed by atoms with Crippen molar-refractivity contribution in [3.05, 3.63) is 82.3 Å². The molecule has 1 aliphatic rings. The number of ether oxygens (including phenoxy) is 1. The number of hydrazone groups is 1. The van der Waals surface area contributed by atoms with Crippen LogP contribution >= 0.6 is 0 Å². The Hall–Kier alpha value is -3.75. The first kappa shape index (κ1) is 24.9. The summed E-state index contributed by atoms with van der Waals surface area (Å²) in [7, 11) is 0. The maximum absolute atomic E-state index is 6.27. The normalized spacial score (nSPS) is 16.3. The zero-order chi connectivity index (χ0) is 25.9. The Morgan fingerprint density at radius 1 is 1.14 bits per heavy atom. The van der Waals surface area contributed by atoms with Gasteiger partial charge in [-0.1, -0.05) is 49.4 Å². The fraction of sp³-hybridized carbons (Fsp3) is 0.345. The van der Waals surface area contributed by atoms with Crippen LogP contribution in [0, 0.1) is 13.8 Å². The summed E-state index contributed by atoms with van der Waals surface area (Å²) >= 11 is 0. The second-order valence-electron chi connectivity index (χ2n) is 9.76. The third-order valence-corrected chi connectivity index (χ3v) is 7.16. The fourth-order valence-electron chi connectivity index (χ4n) is 5.27. The summed E-state index contributed by atoms with van der Waals surface area (Å²) < 4.78 is 7.97. The molecule has 192 valence electrons. The molecule has 1 fully saturated rings. The number of nitrogens with two attached hydrogens (primary N) is 2. The lowest BCUT2D eigenvalue weighted by atomic mass is 9.88. The molecule has 8 nitrogen and oxygen atoms in total. The zero-order valence-corrected chi connectivity index (χ0v) is 21.8. The average Bonchev–Trinajstić information content (AvgIpc) is 3.27. The molecular formula is C29H35N7O. The van der Waals surface area contributed by atoms with Crippen molar-refractivity contribution in [2.45, 2.75) is 52.5 Å². The van der Waals surface area contributed by atoms with Crippen molar-refractivity contribution in [3.63, 3.8) is 0 Å². The van der Waals surface area contributed by atoms with Crippen molar-refractivity contribution in [2.24, 2.45) is 16.7 Å². The van der Waals surface area contributed by atoms with E-state index in [1.807, 2.05) is 13.0 Å². The molecule has 1 unspecified atom stereocenters. The van der Waals surface area contributed by atoms with Crippen LogP contribution in [-0.2, 0) is 17.7 Å². The molecule has 3 heterocycles. The number of pyridine rings is 1. The lowest BCUT2D eigenvalue weighted by Gasteiger charge is -2.23. The van der Waals surface area contributed by atoms with Gasteiger partial charge < -0.3 is 15.0 Å². The van der Waals surface area contributed by atoms with Crippen LogP contribution < -0.4 is 17.1 Å². The molecule has 37 heavy (non-hydrogen) atoms. The van der Waals surface area contributed by atoms with E-state index in [0.29, 0.717) is 18.3 Å². The minimum Gasteiger partial charge on any atom is -0.382 e. The molecule has 1 saturated heterocycles. The summed E-state index contributed by atoms with van der Waals surface area (Å²) in [6.07, 6.45) is 3.05. The number of aromatic nitrogens is 3. The lowest BCUT2D eigenvalue weighted by Crippen LogP contribution is -2.24. The zero-order valence-electron chi connectivity index (χ0n) is 21.8. The van der Waals surface area contributed by atoms with Gasteiger partial charge in [0.05, 0.1) is 13.2 Å². The van der Waals surface area contributed by atoms with Crippen LogP contribution in [0.5, 0.6) is 0 Å². The standard InChI is InChI=1S/C29H35N7O/c1-4-26-33-27-18(2)14-19(3)32-29(27)36(26)16-20-7-9-21(10-8-20)25-15-22(23-6-5-13-37-17-23)11-12-24(25)28(30)34-35-31/h7-12,14-15,23,35H,4-6,13,16-17,31H2,1-3H3,(H2,30,34). The van der Waals surface area contributed by atoms with Crippen LogP contribution in [0.2, 0.25) is 0 Å². The molecule has 8 heteroatoms. The maximum Gasteiger partial charge on any atom is 0.160 e. The topological polar surface area (TPSA) is 116 Å². The number of hydrogen-bond donors (Lipinski definition) is 3. The van der Waals surface area contributed by atoms with E-state index in [1.165, 1.54) is 11.1 Å². The molecule has 5 rings (SSSR count). The lowest BCUT2D eigenvalue weighted by molar-refractivity contribution is 0.0804. The van der Waals surface area contributed by atoms with E-state index < -0.39 is 0 Å². The highest BCUT2D eigenvalue weighted by Gasteiger charge is 2.19. The largest absolute Gasteiger partial charge is 0.382 e. The summed E-state index contributed by atoms with van der Waals surface area (Å²) in [5.74, 6) is 7.20. The molecule has 0 bridgehead atoms. The summed E-state index contributed by atoms with van der Waals surface area (Å²) in [5, 5.41) is 4.03. The van der Waals surface area contributed by atoms with E-state index in [9.17, 15) is 0 Å². The number of nitrogens with zero attached hydrogens (tertiary/aromatic N) is 4. The Kier molecular flexibility index (Phi) is 7.21. The number of fused-ring (bicyclic) bond motifs is 1. The third kappa shape index (κ3) is 5.08. The molecule has 0 radical (unpaired) electrons. The maximum atomic E-state index is 6.27. The van der Waals surface area contributed by atoms with E-state index in [4.69, 9.17) is 26.3 Å². The molecule has 0 aliphatic carbocycles. The van der Waals surface area contributed by atoms with Gasteiger partial charge in [-0.25, -0.2) is 21.3 Å². The Bertz CT molecular complexity index is 1430. The van der Waals surface area contributed by atoms with Gasteiger partial charge in [-0.05, 0) is 60.6 Å². The van der Waals surface area contributed by atoms with Gasteiger partial charge in [-0.3, -0.25) is 0 Å². The van der Waals surface area contributed by atoms with Gasteiger partial charge >= 0.3 is 0 Å². The predicted octanol–water partition coefficient (Wildman–Crippen LogP) is 4.30. The Labute approximate surface area is 217 Å². The molecule has 2 aromatic carbocycles. The van der Waals surface area contributed by atoms with Gasteiger partial charge in [-0.15, -0.1) is 5.10 Å². The number of nitrogens with one attached hydrogen (secondary N) is 1. The van der Waals surface area contributed by atoms with Gasteiger partial charge in [0.2, 0.25) is 0 Å². The SMILES string of the molecule is CCc1nc2c(C)cc(C)nc2n1Cc1ccc(-c2cc(C3CCCOC3)ccc2/C(N)=N/NN)cc1. The van der Waals surface area contributed by atoms with Gasteiger partial charge in [0.25, 0.3) is 0 Å². The molecule has 2 aromatic heterocycles. The molecule has 0 saturated carbocycles. The van der Waals surface area contributed by atoms with E-state index in [1.54, 1.807) is 0 Å². The fourth-order valence-corrected chi connectivity index (χ4v) is 5.27. The summed E-state index contributed by atoms with van der Waals surface area (Å²) in [6.45, 7) is 8.57. The first-order valence-electron chi connectivity index (χ1n) is 12.9. The van der Waals surface area contributed by atoms with E-state index >= 15 is 0 Å². The van der Waals surface area contributed by atoms with E-state index in [-0.39, 0.29) is 0 Å². The number of amidine groups is 1. The van der Waals surface area contributed by atoms with Crippen molar-refractivity contribution in [1.82, 2.24) is 20.1 Å². The first-order chi connectivity index (χ1) is 18.0. The summed E-state index contributed by atoms with van der Waals surface area (Å²) in [4.78, 5) is 9.70. The highest BCUT2D eigenvalue weighted by atomic mass is 16.5. The number of benzene rings is 2. The Balaban J connectivity index is 1.50. The average molecular weight is 498 g/mol. The number of rotatable bonds is 7. The molecule has 0 spiro atoms. The van der Waals surface area contributed by atoms with Crippen molar-refractivity contribution in [1.29, 1.82) is 0 Å². The van der Waals surface area contributed by atoms with Crippen molar-refractivity contribution >= 4 is 17.0 Å². The van der Waals surface area contributed by atoms with Crippen LogP contribution in [0.1, 0.15) is 59.5 Å². The predicted molar refractivity (Wildman–Crippen MR) is 148 cm³/mol. The molecule has 5 N–H and O–H groups in total. The number of aryl methyl sites for hydroxylation is 3. The second kappa shape index (κ2) is 10.7. The molecular weight excluding hydrogens is 462 g/mol. The van der Waals surface area contributed by atoms with Crippen LogP contribution in [-0.4, -0.2) is 33.6 Å². The van der Waals surface area contributed by atoms with E-state index in [2.05, 4.69) is 71.5 Å². The molecule has 1 aliphatic heterocycles. The molecule has 1 atom stereocenters. The minimum absolute atomic E-state index is 0.349. The molecule has 0 amide bonds. The Morgan fingerprint density at radius 3 is 2.65 bits per heavy atom. The number of hydrazine groups is 1. The van der Waals surface area contributed by atoms with E-state index in [0.717, 1.165) is 77.4 Å². The van der Waals surface area contributed by atoms with Gasteiger partial charge in [0.1, 0.15) is 11.3 Å². The van der Waals surface area contributed by atoms with Crippen LogP contribution in [0.25, 0.3) is 22.3 Å². The highest BCUT2D eigenvalue weighted by molar-refractivity contribution is 6.03. The number of imidazole rings is 1. The number of hydrogen-bond acceptors (Lipinski definition) is 6. The van der Waals surface area contributed by atoms with Gasteiger partial charge in [0.15, 0.2) is 11.5 Å². The van der Waals surface area contributed by atoms with Gasteiger partial charge in [0, 0.05) is 30.2 Å². The van der Waals surface area contributed by atoms with Crippen LogP contribution in [0.15, 0.2) is 53.6 Å².